The summed E-state index contributed by atoms with van der Waals surface area (Å²) < 4.78 is 4.85. The monoisotopic (exact) mass is 202 g/mol. The van der Waals surface area contributed by atoms with Crippen LogP contribution >= 0.6 is 0 Å². The van der Waals surface area contributed by atoms with Crippen molar-refractivity contribution in [1.29, 1.82) is 0 Å². The van der Waals surface area contributed by atoms with Gasteiger partial charge in [0.15, 0.2) is 0 Å². The summed E-state index contributed by atoms with van der Waals surface area (Å²) in [6.07, 6.45) is 5.78. The van der Waals surface area contributed by atoms with Crippen molar-refractivity contribution in [2.24, 2.45) is 0 Å². The molecule has 0 spiro atoms. The van der Waals surface area contributed by atoms with Gasteiger partial charge in [-0.1, -0.05) is 12.2 Å². The zero-order chi connectivity index (χ0) is 10.8. The summed E-state index contributed by atoms with van der Waals surface area (Å²) in [5.74, 6) is 0. The Morgan fingerprint density at radius 2 is 1.79 bits per heavy atom. The van der Waals surface area contributed by atoms with E-state index in [4.69, 9.17) is 4.74 Å². The lowest BCUT2D eigenvalue weighted by Gasteiger charge is -2.12. The van der Waals surface area contributed by atoms with Crippen molar-refractivity contribution in [3.63, 3.8) is 0 Å². The van der Waals surface area contributed by atoms with Crippen molar-refractivity contribution >= 4 is 0 Å². The summed E-state index contributed by atoms with van der Waals surface area (Å²) in [7, 11) is 1.62. The topological polar surface area (TPSA) is 49.7 Å². The Kier molecular flexibility index (Phi) is 8.94. The SMILES string of the molecule is CC=CCC(O)CCC(O)CCOC. The molecule has 3 nitrogen and oxygen atoms in total. The molecule has 0 saturated carbocycles. The second-order valence-electron chi connectivity index (χ2n) is 3.47. The average molecular weight is 202 g/mol. The minimum Gasteiger partial charge on any atom is -0.393 e. The van der Waals surface area contributed by atoms with Crippen molar-refractivity contribution < 1.29 is 14.9 Å². The third-order valence-electron chi connectivity index (χ3n) is 2.13. The maximum atomic E-state index is 9.46. The normalized spacial score (nSPS) is 16.0. The molecule has 0 aliphatic rings. The third kappa shape index (κ3) is 8.23. The smallest absolute Gasteiger partial charge is 0.0575 e. The van der Waals surface area contributed by atoms with Crippen LogP contribution in [0.3, 0.4) is 0 Å². The highest BCUT2D eigenvalue weighted by Crippen LogP contribution is 2.08. The molecule has 0 heterocycles. The van der Waals surface area contributed by atoms with Crippen molar-refractivity contribution in [1.82, 2.24) is 0 Å². The Morgan fingerprint density at radius 1 is 1.14 bits per heavy atom. The summed E-state index contributed by atoms with van der Waals surface area (Å²) in [6, 6.07) is 0. The molecule has 2 unspecified atom stereocenters. The first-order valence-corrected chi connectivity index (χ1v) is 5.17. The molecule has 0 aliphatic heterocycles. The number of ether oxygens (including phenoxy) is 1. The fourth-order valence-corrected chi connectivity index (χ4v) is 1.19. The third-order valence-corrected chi connectivity index (χ3v) is 2.13. The number of rotatable bonds is 8. The molecule has 0 aromatic rings. The van der Waals surface area contributed by atoms with Gasteiger partial charge in [0.05, 0.1) is 12.2 Å². The maximum Gasteiger partial charge on any atom is 0.0575 e. The van der Waals surface area contributed by atoms with Gasteiger partial charge in [0, 0.05) is 13.7 Å². The van der Waals surface area contributed by atoms with Gasteiger partial charge in [-0.05, 0) is 32.6 Å². The summed E-state index contributed by atoms with van der Waals surface area (Å²) >= 11 is 0. The Labute approximate surface area is 86.4 Å². The molecule has 3 heteroatoms. The van der Waals surface area contributed by atoms with Gasteiger partial charge < -0.3 is 14.9 Å². The zero-order valence-electron chi connectivity index (χ0n) is 9.15. The minimum absolute atomic E-state index is 0.330. The largest absolute Gasteiger partial charge is 0.393 e. The standard InChI is InChI=1S/C11H22O3/c1-3-4-5-10(12)6-7-11(13)8-9-14-2/h3-4,10-13H,5-9H2,1-2H3. The molecule has 0 amide bonds. The molecule has 0 radical (unpaired) electrons. The van der Waals surface area contributed by atoms with E-state index < -0.39 is 0 Å². The van der Waals surface area contributed by atoms with Gasteiger partial charge in [0.1, 0.15) is 0 Å². The summed E-state index contributed by atoms with van der Waals surface area (Å²) in [6.45, 7) is 2.51. The Hall–Kier alpha value is -0.380. The van der Waals surface area contributed by atoms with Crippen LogP contribution in [0, 0.1) is 0 Å². The lowest BCUT2D eigenvalue weighted by atomic mass is 10.1. The molecule has 0 saturated heterocycles. The molecule has 0 bridgehead atoms. The van der Waals surface area contributed by atoms with Crippen LogP contribution in [0.2, 0.25) is 0 Å². The molecule has 0 aromatic carbocycles. The van der Waals surface area contributed by atoms with Crippen LogP contribution in [-0.2, 0) is 4.74 Å². The van der Waals surface area contributed by atoms with E-state index in [2.05, 4.69) is 0 Å². The van der Waals surface area contributed by atoms with Crippen LogP contribution in [0.4, 0.5) is 0 Å². The molecule has 14 heavy (non-hydrogen) atoms. The van der Waals surface area contributed by atoms with Gasteiger partial charge in [-0.2, -0.15) is 0 Å². The number of methoxy groups -OCH3 is 1. The van der Waals surface area contributed by atoms with Gasteiger partial charge in [-0.3, -0.25) is 0 Å². The van der Waals surface area contributed by atoms with Crippen LogP contribution in [0.1, 0.15) is 32.6 Å². The van der Waals surface area contributed by atoms with Crippen LogP contribution in [0.5, 0.6) is 0 Å². The second kappa shape index (κ2) is 9.19. The van der Waals surface area contributed by atoms with Crippen LogP contribution in [-0.4, -0.2) is 36.1 Å². The molecule has 0 aliphatic carbocycles. The average Bonchev–Trinajstić information content (AvgIpc) is 2.20. The molecule has 0 fully saturated rings. The number of allylic oxidation sites excluding steroid dienone is 1. The summed E-state index contributed by atoms with van der Waals surface area (Å²) in [5, 5.41) is 18.9. The first-order chi connectivity index (χ1) is 6.70. The lowest BCUT2D eigenvalue weighted by Crippen LogP contribution is -2.14. The fraction of sp³-hybridized carbons (Fsp3) is 0.818. The van der Waals surface area contributed by atoms with E-state index in [0.717, 1.165) is 0 Å². The van der Waals surface area contributed by atoms with E-state index in [0.29, 0.717) is 32.3 Å². The number of hydrogen-bond donors (Lipinski definition) is 2. The van der Waals surface area contributed by atoms with Crippen molar-refractivity contribution in [2.75, 3.05) is 13.7 Å². The Morgan fingerprint density at radius 3 is 2.36 bits per heavy atom. The Bertz CT molecular complexity index is 145. The van der Waals surface area contributed by atoms with Gasteiger partial charge in [-0.15, -0.1) is 0 Å². The van der Waals surface area contributed by atoms with Gasteiger partial charge in [-0.25, -0.2) is 0 Å². The predicted molar refractivity (Wildman–Crippen MR) is 57.2 cm³/mol. The lowest BCUT2D eigenvalue weighted by molar-refractivity contribution is 0.0836. The molecular formula is C11H22O3. The minimum atomic E-state index is -0.352. The van der Waals surface area contributed by atoms with E-state index >= 15 is 0 Å². The van der Waals surface area contributed by atoms with E-state index in [1.165, 1.54) is 0 Å². The molecule has 2 atom stereocenters. The quantitative estimate of drug-likeness (QED) is 0.586. The van der Waals surface area contributed by atoms with Crippen molar-refractivity contribution in [3.05, 3.63) is 12.2 Å². The summed E-state index contributed by atoms with van der Waals surface area (Å²) in [4.78, 5) is 0. The van der Waals surface area contributed by atoms with E-state index in [-0.39, 0.29) is 12.2 Å². The second-order valence-corrected chi connectivity index (χ2v) is 3.47. The molecule has 0 aromatic heterocycles. The van der Waals surface area contributed by atoms with Gasteiger partial charge in [0.25, 0.3) is 0 Å². The number of aliphatic hydroxyl groups excluding tert-OH is 2. The summed E-state index contributed by atoms with van der Waals surface area (Å²) in [5.41, 5.74) is 0. The molecule has 2 N–H and O–H groups in total. The maximum absolute atomic E-state index is 9.46. The van der Waals surface area contributed by atoms with Crippen molar-refractivity contribution in [3.8, 4) is 0 Å². The zero-order valence-corrected chi connectivity index (χ0v) is 9.15. The van der Waals surface area contributed by atoms with Gasteiger partial charge in [0.2, 0.25) is 0 Å². The highest BCUT2D eigenvalue weighted by molar-refractivity contribution is 4.80. The van der Waals surface area contributed by atoms with Gasteiger partial charge >= 0.3 is 0 Å². The van der Waals surface area contributed by atoms with Crippen LogP contribution in [0.25, 0.3) is 0 Å². The van der Waals surface area contributed by atoms with E-state index in [9.17, 15) is 10.2 Å². The highest BCUT2D eigenvalue weighted by atomic mass is 16.5. The Balaban J connectivity index is 3.40. The van der Waals surface area contributed by atoms with E-state index in [1.54, 1.807) is 7.11 Å². The highest BCUT2D eigenvalue weighted by Gasteiger charge is 2.07. The number of hydrogen-bond acceptors (Lipinski definition) is 3. The first kappa shape index (κ1) is 13.6. The van der Waals surface area contributed by atoms with Crippen LogP contribution in [0.15, 0.2) is 12.2 Å². The molecular weight excluding hydrogens is 180 g/mol. The predicted octanol–water partition coefficient (Wildman–Crippen LogP) is 1.49. The van der Waals surface area contributed by atoms with E-state index in [1.807, 2.05) is 19.1 Å². The van der Waals surface area contributed by atoms with Crippen molar-refractivity contribution in [2.45, 2.75) is 44.8 Å². The molecule has 84 valence electrons. The number of aliphatic hydroxyl groups is 2. The fourth-order valence-electron chi connectivity index (χ4n) is 1.19. The van der Waals surface area contributed by atoms with Crippen LogP contribution < -0.4 is 0 Å². The molecule has 0 rings (SSSR count). The first-order valence-electron chi connectivity index (χ1n) is 5.17.